The Balaban J connectivity index is 1.18. The van der Waals surface area contributed by atoms with Crippen LogP contribution in [0.25, 0.3) is 0 Å². The number of anilines is 1. The van der Waals surface area contributed by atoms with Gasteiger partial charge in [0, 0.05) is 42.2 Å². The van der Waals surface area contributed by atoms with Gasteiger partial charge in [0.15, 0.2) is 0 Å². The summed E-state index contributed by atoms with van der Waals surface area (Å²) in [5.74, 6) is 1.82. The summed E-state index contributed by atoms with van der Waals surface area (Å²) in [6.45, 7) is 4.04. The zero-order chi connectivity index (χ0) is 33.9. The van der Waals surface area contributed by atoms with Crippen LogP contribution in [0.2, 0.25) is 5.02 Å². The van der Waals surface area contributed by atoms with Crippen molar-refractivity contribution in [2.45, 2.75) is 87.1 Å². The van der Waals surface area contributed by atoms with Crippen molar-refractivity contribution in [2.75, 3.05) is 31.7 Å². The fraction of sp³-hybridized carbons (Fsp3) is 0.579. The van der Waals surface area contributed by atoms with Crippen molar-refractivity contribution < 1.29 is 23.3 Å². The van der Waals surface area contributed by atoms with E-state index in [1.165, 1.54) is 24.0 Å². The van der Waals surface area contributed by atoms with Gasteiger partial charge in [0.05, 0.1) is 18.4 Å². The number of hydrogen-bond acceptors (Lipinski definition) is 7. The van der Waals surface area contributed by atoms with Gasteiger partial charge < -0.3 is 33.6 Å². The molecule has 8 atom stereocenters. The number of carbonyl (C=O) groups is 2. The fourth-order valence-corrected chi connectivity index (χ4v) is 10.3. The largest absolute Gasteiger partial charge is 0.490 e. The lowest BCUT2D eigenvalue weighted by atomic mass is 9.55. The molecule has 1 spiro atoms. The molecular weight excluding hydrogens is 660 g/mol. The summed E-state index contributed by atoms with van der Waals surface area (Å²) in [5.41, 5.74) is 3.69. The maximum atomic E-state index is 13.7. The molecule has 8 rings (SSSR count). The number of urea groups is 1. The minimum atomic E-state index is -2.01. The Bertz CT molecular complexity index is 1760. The SMILES string of the molecule is CO[C@H]1/C=C/C[C@H](C)C(NC(=O)NC2CC2)[S-](=O)=NC(=O)c2ccc3c(c2)N(C[C@@H]2CC[C@H]21)C[C@]1(CO3)C[C@@H]2CC[C@@H]2c2cc(Cl)ccc21. The number of nitrogens with zero attached hydrogens (tertiary/aromatic N) is 2. The number of halogens is 1. The molecule has 1 unspecified atom stereocenters. The Morgan fingerprint density at radius 2 is 1.92 bits per heavy atom. The molecule has 2 aromatic rings. The molecule has 2 aliphatic heterocycles. The van der Waals surface area contributed by atoms with Gasteiger partial charge in [0.2, 0.25) is 0 Å². The molecule has 2 heterocycles. The number of rotatable bonds is 3. The first kappa shape index (κ1) is 33.1. The summed E-state index contributed by atoms with van der Waals surface area (Å²) in [6, 6.07) is 11.6. The van der Waals surface area contributed by atoms with Crippen LogP contribution in [0, 0.1) is 23.7 Å². The van der Waals surface area contributed by atoms with E-state index in [0.717, 1.165) is 61.7 Å². The van der Waals surface area contributed by atoms with Crippen LogP contribution in [-0.2, 0) is 25.0 Å². The molecule has 3 saturated carbocycles. The van der Waals surface area contributed by atoms with Crippen LogP contribution >= 0.6 is 11.6 Å². The Labute approximate surface area is 295 Å². The highest BCUT2D eigenvalue weighted by Gasteiger charge is 2.51. The second kappa shape index (κ2) is 13.2. The number of amides is 3. The lowest BCUT2D eigenvalue weighted by molar-refractivity contribution is 0.0129. The van der Waals surface area contributed by atoms with Crippen LogP contribution in [0.1, 0.15) is 85.7 Å². The first-order valence-electron chi connectivity index (χ1n) is 18.0. The second-order valence-corrected chi connectivity index (χ2v) is 17.0. The van der Waals surface area contributed by atoms with Crippen molar-refractivity contribution in [1.29, 1.82) is 0 Å². The zero-order valence-corrected chi connectivity index (χ0v) is 29.8. The molecule has 2 N–H and O–H groups in total. The van der Waals surface area contributed by atoms with Gasteiger partial charge in [-0.25, -0.2) is 4.79 Å². The minimum Gasteiger partial charge on any atom is -0.490 e. The summed E-state index contributed by atoms with van der Waals surface area (Å²) in [7, 11) is -0.235. The van der Waals surface area contributed by atoms with Crippen LogP contribution in [0.5, 0.6) is 5.75 Å². The quantitative estimate of drug-likeness (QED) is 0.261. The van der Waals surface area contributed by atoms with Gasteiger partial charge in [0.25, 0.3) is 5.91 Å². The molecule has 0 radical (unpaired) electrons. The highest BCUT2D eigenvalue weighted by Crippen LogP contribution is 2.57. The average Bonchev–Trinajstić information content (AvgIpc) is 3.89. The maximum absolute atomic E-state index is 13.7. The van der Waals surface area contributed by atoms with E-state index in [2.05, 4.69) is 44.2 Å². The second-order valence-electron chi connectivity index (χ2n) is 15.3. The summed E-state index contributed by atoms with van der Waals surface area (Å²) in [6.07, 6.45) is 12.2. The number of hydrogen-bond donors (Lipinski definition) is 2. The van der Waals surface area contributed by atoms with E-state index >= 15 is 0 Å². The normalized spacial score (nSPS) is 34.8. The minimum absolute atomic E-state index is 0.0588. The van der Waals surface area contributed by atoms with Gasteiger partial charge in [-0.3, -0.25) is 4.79 Å². The molecule has 3 amide bonds. The van der Waals surface area contributed by atoms with Crippen LogP contribution < -0.4 is 20.3 Å². The Morgan fingerprint density at radius 1 is 1.08 bits per heavy atom. The third kappa shape index (κ3) is 6.38. The van der Waals surface area contributed by atoms with Crippen molar-refractivity contribution in [3.8, 4) is 5.75 Å². The molecule has 49 heavy (non-hydrogen) atoms. The molecular formula is C38H46ClN4O5S-. The predicted octanol–water partition coefficient (Wildman–Crippen LogP) is 7.09. The molecule has 2 bridgehead atoms. The number of allylic oxidation sites excluding steroid dienone is 1. The number of fused-ring (bicyclic) bond motifs is 6. The van der Waals surface area contributed by atoms with Crippen LogP contribution in [0.3, 0.4) is 0 Å². The average molecular weight is 706 g/mol. The molecule has 0 aromatic heterocycles. The molecule has 9 nitrogen and oxygen atoms in total. The molecule has 11 heteroatoms. The van der Waals surface area contributed by atoms with Gasteiger partial charge in [-0.2, -0.15) is 10.6 Å². The van der Waals surface area contributed by atoms with E-state index in [0.29, 0.717) is 42.3 Å². The van der Waals surface area contributed by atoms with Crippen molar-refractivity contribution in [2.24, 2.45) is 28.0 Å². The van der Waals surface area contributed by atoms with Gasteiger partial charge in [-0.1, -0.05) is 36.7 Å². The number of methoxy groups -OCH3 is 1. The molecule has 262 valence electrons. The van der Waals surface area contributed by atoms with E-state index in [-0.39, 0.29) is 29.5 Å². The van der Waals surface area contributed by atoms with Crippen molar-refractivity contribution in [1.82, 2.24) is 10.6 Å². The third-order valence-electron chi connectivity index (χ3n) is 12.2. The topological polar surface area (TPSA) is 109 Å². The number of nitrogens with one attached hydrogen (secondary N) is 2. The molecule has 4 aliphatic carbocycles. The van der Waals surface area contributed by atoms with Crippen molar-refractivity contribution in [3.63, 3.8) is 0 Å². The Morgan fingerprint density at radius 3 is 2.65 bits per heavy atom. The van der Waals surface area contributed by atoms with E-state index in [9.17, 15) is 13.8 Å². The smallest absolute Gasteiger partial charge is 0.313 e. The first-order chi connectivity index (χ1) is 23.7. The standard InChI is InChI=1S/C38H46ClN4O5S/c1-22-4-3-5-33(47-2)29-13-7-25(29)19-43-20-38(18-24-6-12-28(24)30-17-26(39)9-14-31(30)38)21-48-34-15-8-23(16-32(34)43)35(44)42-49(46)36(22)41-37(45)40-27-10-11-27/h3,5,8-9,14-17,22,24-25,27-29,33,36H,4,6-7,10-13,18-21H2,1-2H3,(H2,40,41,45)/q-1/b5-3+/t22-,24-,25-,28-,29+,33-,36?,38-/m0/s1. The number of benzene rings is 2. The summed E-state index contributed by atoms with van der Waals surface area (Å²) < 4.78 is 30.7. The third-order valence-corrected chi connectivity index (χ3v) is 13.7. The van der Waals surface area contributed by atoms with E-state index in [1.807, 2.05) is 25.1 Å². The van der Waals surface area contributed by atoms with Crippen molar-refractivity contribution in [3.05, 3.63) is 70.3 Å². The molecule has 0 saturated heterocycles. The van der Waals surface area contributed by atoms with Crippen LogP contribution in [0.4, 0.5) is 10.5 Å². The maximum Gasteiger partial charge on any atom is 0.313 e. The summed E-state index contributed by atoms with van der Waals surface area (Å²) in [5, 5.41) is 5.72. The zero-order valence-electron chi connectivity index (χ0n) is 28.2. The Kier molecular flexibility index (Phi) is 8.94. The molecule has 2 aromatic carbocycles. The van der Waals surface area contributed by atoms with E-state index in [1.54, 1.807) is 13.2 Å². The monoisotopic (exact) mass is 705 g/mol. The lowest BCUT2D eigenvalue weighted by Gasteiger charge is -2.52. The molecule has 6 aliphatic rings. The van der Waals surface area contributed by atoms with Gasteiger partial charge >= 0.3 is 6.03 Å². The highest BCUT2D eigenvalue weighted by molar-refractivity contribution is 7.75. The van der Waals surface area contributed by atoms with Crippen molar-refractivity contribution >= 4 is 39.8 Å². The molecule has 3 fully saturated rings. The Hall–Kier alpha value is -3.08. The van der Waals surface area contributed by atoms with Crippen LogP contribution in [0.15, 0.2) is 52.9 Å². The van der Waals surface area contributed by atoms with Gasteiger partial charge in [0.1, 0.15) is 5.75 Å². The van der Waals surface area contributed by atoms with Gasteiger partial charge in [-0.15, -0.1) is 0 Å². The highest BCUT2D eigenvalue weighted by atomic mass is 35.5. The number of ether oxygens (including phenoxy) is 2. The van der Waals surface area contributed by atoms with Gasteiger partial charge in [-0.05, 0) is 128 Å². The number of carbonyl (C=O) groups excluding carboxylic acids is 2. The first-order valence-corrected chi connectivity index (χ1v) is 19.5. The van der Waals surface area contributed by atoms with E-state index in [4.69, 9.17) is 21.1 Å². The van der Waals surface area contributed by atoms with Crippen LogP contribution in [-0.4, -0.2) is 56.3 Å². The summed E-state index contributed by atoms with van der Waals surface area (Å²) in [4.78, 5) is 28.9. The fourth-order valence-electron chi connectivity index (χ4n) is 8.99. The summed E-state index contributed by atoms with van der Waals surface area (Å²) >= 11 is 6.57. The lowest BCUT2D eigenvalue weighted by Crippen LogP contribution is -2.52. The predicted molar refractivity (Wildman–Crippen MR) is 191 cm³/mol. The van der Waals surface area contributed by atoms with E-state index < -0.39 is 21.9 Å².